The summed E-state index contributed by atoms with van der Waals surface area (Å²) in [5.41, 5.74) is 0.352. The maximum Gasteiger partial charge on any atom is 0.330 e. The molecule has 0 aromatic rings. The van der Waals surface area contributed by atoms with Gasteiger partial charge in [0.25, 0.3) is 0 Å². The normalized spacial score (nSPS) is 6.38. The molecule has 0 aliphatic carbocycles. The molecule has 16 heavy (non-hydrogen) atoms. The molecule has 0 heterocycles. The summed E-state index contributed by atoms with van der Waals surface area (Å²) in [6.45, 7) is 17.2. The highest BCUT2D eigenvalue weighted by molar-refractivity contribution is 5.85. The average molecular weight is 232 g/mol. The Labute approximate surface area is 98.3 Å². The van der Waals surface area contributed by atoms with E-state index in [4.69, 9.17) is 10.2 Å². The van der Waals surface area contributed by atoms with Gasteiger partial charge in [-0.3, -0.25) is 0 Å². The third-order valence-electron chi connectivity index (χ3n) is 0.730. The molecule has 0 aliphatic heterocycles. The molecule has 0 radical (unpaired) electrons. The van der Waals surface area contributed by atoms with E-state index in [0.29, 0.717) is 0 Å². The zero-order chi connectivity index (χ0) is 14.3. The fourth-order valence-electron chi connectivity index (χ4n) is 0. The van der Waals surface area contributed by atoms with Crippen LogP contribution in [0.15, 0.2) is 24.3 Å². The summed E-state index contributed by atoms with van der Waals surface area (Å²) in [5.74, 6) is -1.87. The molecule has 4 heteroatoms. The molecule has 0 saturated heterocycles. The van der Waals surface area contributed by atoms with Crippen LogP contribution < -0.4 is 0 Å². The topological polar surface area (TPSA) is 74.6 Å². The summed E-state index contributed by atoms with van der Waals surface area (Å²) in [6.07, 6.45) is 0. The van der Waals surface area contributed by atoms with Gasteiger partial charge in [-0.05, 0) is 13.8 Å². The summed E-state index contributed by atoms with van der Waals surface area (Å²) >= 11 is 0. The number of carboxylic acid groups (broad SMARTS) is 2. The lowest BCUT2D eigenvalue weighted by atomic mass is 10.4. The van der Waals surface area contributed by atoms with E-state index >= 15 is 0 Å². The molecule has 0 aliphatic rings. The van der Waals surface area contributed by atoms with Crippen molar-refractivity contribution < 1.29 is 19.8 Å². The van der Waals surface area contributed by atoms with Crippen molar-refractivity contribution in [3.05, 3.63) is 24.3 Å². The van der Waals surface area contributed by atoms with Crippen LogP contribution in [-0.2, 0) is 9.59 Å². The first-order valence-electron chi connectivity index (χ1n) is 5.06. The van der Waals surface area contributed by atoms with Gasteiger partial charge in [0.15, 0.2) is 0 Å². The van der Waals surface area contributed by atoms with E-state index in [1.807, 2.05) is 27.7 Å². The molecular weight excluding hydrogens is 208 g/mol. The number of aliphatic carboxylic acids is 2. The molecule has 0 aromatic carbocycles. The molecule has 96 valence electrons. The fraction of sp³-hybridized carbons (Fsp3) is 0.500. The molecule has 0 saturated carbocycles. The Bertz CT molecular complexity index is 169. The summed E-state index contributed by atoms with van der Waals surface area (Å²) in [7, 11) is 0. The predicted molar refractivity (Wildman–Crippen MR) is 67.6 cm³/mol. The number of carboxylic acids is 2. The quantitative estimate of drug-likeness (QED) is 0.716. The van der Waals surface area contributed by atoms with Gasteiger partial charge >= 0.3 is 11.9 Å². The second kappa shape index (κ2) is 19.1. The Hall–Kier alpha value is -1.58. The van der Waals surface area contributed by atoms with Gasteiger partial charge in [-0.2, -0.15) is 0 Å². The van der Waals surface area contributed by atoms with Gasteiger partial charge in [0.1, 0.15) is 0 Å². The zero-order valence-electron chi connectivity index (χ0n) is 11.1. The van der Waals surface area contributed by atoms with E-state index in [-0.39, 0.29) is 11.1 Å². The van der Waals surface area contributed by atoms with Crippen LogP contribution in [0.2, 0.25) is 0 Å². The van der Waals surface area contributed by atoms with Crippen LogP contribution in [0.3, 0.4) is 0 Å². The van der Waals surface area contributed by atoms with Gasteiger partial charge in [0, 0.05) is 11.1 Å². The Kier molecular flexibility index (Phi) is 28.5. The lowest BCUT2D eigenvalue weighted by Crippen LogP contribution is -1.92. The monoisotopic (exact) mass is 232 g/mol. The summed E-state index contributed by atoms with van der Waals surface area (Å²) < 4.78 is 0. The highest BCUT2D eigenvalue weighted by Crippen LogP contribution is 1.81. The van der Waals surface area contributed by atoms with Crippen LogP contribution in [0.4, 0.5) is 0 Å². The lowest BCUT2D eigenvalue weighted by molar-refractivity contribution is -0.133. The molecule has 0 aromatic heterocycles. The molecule has 0 unspecified atom stereocenters. The van der Waals surface area contributed by atoms with E-state index in [9.17, 15) is 9.59 Å². The van der Waals surface area contributed by atoms with Gasteiger partial charge in [-0.15, -0.1) is 0 Å². The molecule has 0 rings (SSSR count). The lowest BCUT2D eigenvalue weighted by Gasteiger charge is -1.79. The summed E-state index contributed by atoms with van der Waals surface area (Å²) in [6, 6.07) is 0. The molecule has 2 N–H and O–H groups in total. The van der Waals surface area contributed by atoms with Gasteiger partial charge in [0.2, 0.25) is 0 Å². The summed E-state index contributed by atoms with van der Waals surface area (Å²) in [5, 5.41) is 15.8. The van der Waals surface area contributed by atoms with Crippen LogP contribution in [0.25, 0.3) is 0 Å². The van der Waals surface area contributed by atoms with Crippen molar-refractivity contribution in [1.29, 1.82) is 0 Å². The minimum atomic E-state index is -0.935. The number of rotatable bonds is 2. The third-order valence-corrected chi connectivity index (χ3v) is 0.730. The van der Waals surface area contributed by atoms with Gasteiger partial charge in [0.05, 0.1) is 0 Å². The Balaban J connectivity index is -0.0000000686. The maximum absolute atomic E-state index is 9.60. The number of hydrogen-bond acceptors (Lipinski definition) is 2. The molecule has 0 spiro atoms. The largest absolute Gasteiger partial charge is 0.478 e. The second-order valence-corrected chi connectivity index (χ2v) is 2.17. The van der Waals surface area contributed by atoms with E-state index in [2.05, 4.69) is 13.2 Å². The van der Waals surface area contributed by atoms with E-state index in [1.165, 1.54) is 13.8 Å². The van der Waals surface area contributed by atoms with Crippen LogP contribution in [0.5, 0.6) is 0 Å². The Morgan fingerprint density at radius 1 is 0.750 bits per heavy atom. The number of hydrogen-bond donors (Lipinski definition) is 2. The molecule has 0 fully saturated rings. The molecule has 0 bridgehead atoms. The van der Waals surface area contributed by atoms with Crippen LogP contribution in [0, 0.1) is 0 Å². The molecule has 4 nitrogen and oxygen atoms in total. The minimum Gasteiger partial charge on any atom is -0.478 e. The van der Waals surface area contributed by atoms with Crippen LogP contribution in [0.1, 0.15) is 41.5 Å². The van der Waals surface area contributed by atoms with Gasteiger partial charge < -0.3 is 10.2 Å². The minimum absolute atomic E-state index is 0.176. The van der Waals surface area contributed by atoms with Crippen molar-refractivity contribution in [2.75, 3.05) is 0 Å². The van der Waals surface area contributed by atoms with Crippen molar-refractivity contribution in [3.8, 4) is 0 Å². The Morgan fingerprint density at radius 3 is 0.812 bits per heavy atom. The van der Waals surface area contributed by atoms with E-state index < -0.39 is 11.9 Å². The van der Waals surface area contributed by atoms with E-state index in [0.717, 1.165) is 0 Å². The molecule has 0 atom stereocenters. The Morgan fingerprint density at radius 2 is 0.812 bits per heavy atom. The van der Waals surface area contributed by atoms with E-state index in [1.54, 1.807) is 0 Å². The molecule has 0 amide bonds. The maximum atomic E-state index is 9.60. The first kappa shape index (κ1) is 23.9. The van der Waals surface area contributed by atoms with Crippen molar-refractivity contribution >= 4 is 11.9 Å². The number of carbonyl (C=O) groups is 2. The van der Waals surface area contributed by atoms with Crippen molar-refractivity contribution in [3.63, 3.8) is 0 Å². The third kappa shape index (κ3) is 39.3. The standard InChI is InChI=1S/2C4H6O2.2C2H6/c2*1-3(2)4(5)6;2*1-2/h2*1H2,2H3,(H,5,6);2*1-2H3. The van der Waals surface area contributed by atoms with Crippen molar-refractivity contribution in [1.82, 2.24) is 0 Å². The fourth-order valence-corrected chi connectivity index (χ4v) is 0. The first-order chi connectivity index (χ1) is 7.29. The van der Waals surface area contributed by atoms with Gasteiger partial charge in [-0.1, -0.05) is 40.9 Å². The van der Waals surface area contributed by atoms with Crippen LogP contribution in [-0.4, -0.2) is 22.2 Å². The van der Waals surface area contributed by atoms with Crippen molar-refractivity contribution in [2.45, 2.75) is 41.5 Å². The zero-order valence-corrected chi connectivity index (χ0v) is 11.1. The average Bonchev–Trinajstić information content (AvgIpc) is 2.24. The SMILES string of the molecule is C=C(C)C(=O)O.C=C(C)C(=O)O.CC.CC. The second-order valence-electron chi connectivity index (χ2n) is 2.17. The van der Waals surface area contributed by atoms with Crippen molar-refractivity contribution in [2.24, 2.45) is 0 Å². The highest BCUT2D eigenvalue weighted by atomic mass is 16.4. The highest BCUT2D eigenvalue weighted by Gasteiger charge is 1.90. The van der Waals surface area contributed by atoms with Gasteiger partial charge in [-0.25, -0.2) is 9.59 Å². The summed E-state index contributed by atoms with van der Waals surface area (Å²) in [4.78, 5) is 19.2. The smallest absolute Gasteiger partial charge is 0.330 e. The molecular formula is C12H24O4. The predicted octanol–water partition coefficient (Wildman–Crippen LogP) is 3.35. The van der Waals surface area contributed by atoms with Crippen LogP contribution >= 0.6 is 0 Å². The first-order valence-corrected chi connectivity index (χ1v) is 5.06.